The van der Waals surface area contributed by atoms with Gasteiger partial charge in [0.1, 0.15) is 6.07 Å². The van der Waals surface area contributed by atoms with E-state index in [0.717, 1.165) is 12.1 Å². The Morgan fingerprint density at radius 2 is 1.91 bits per heavy atom. The minimum Gasteiger partial charge on any atom is -0.364 e. The van der Waals surface area contributed by atoms with Crippen LogP contribution in [0.4, 0.5) is 18.9 Å². The minimum atomic E-state index is -4.51. The van der Waals surface area contributed by atoms with Crippen molar-refractivity contribution in [2.24, 2.45) is 0 Å². The van der Waals surface area contributed by atoms with Gasteiger partial charge < -0.3 is 10.2 Å². The van der Waals surface area contributed by atoms with Crippen LogP contribution in [0.25, 0.3) is 0 Å². The summed E-state index contributed by atoms with van der Waals surface area (Å²) in [6.07, 6.45) is -4.51. The maximum absolute atomic E-state index is 12.6. The molecule has 1 aromatic carbocycles. The minimum absolute atomic E-state index is 0.0582. The normalized spacial score (nSPS) is 11.7. The summed E-state index contributed by atoms with van der Waals surface area (Å²) in [6.45, 7) is 5.41. The molecule has 0 bridgehead atoms. The third-order valence-corrected chi connectivity index (χ3v) is 2.75. The smallest absolute Gasteiger partial charge is 0.364 e. The van der Waals surface area contributed by atoms with Crippen molar-refractivity contribution in [1.29, 1.82) is 5.26 Å². The quantitative estimate of drug-likeness (QED) is 0.933. The molecule has 1 rings (SSSR count). The number of carbonyl (C=O) groups is 1. The van der Waals surface area contributed by atoms with Gasteiger partial charge in [-0.3, -0.25) is 4.79 Å². The first-order valence-corrected chi connectivity index (χ1v) is 6.57. The molecule has 0 unspecified atom stereocenters. The van der Waals surface area contributed by atoms with Crippen LogP contribution in [0.3, 0.4) is 0 Å². The maximum Gasteiger partial charge on any atom is 0.416 e. The number of likely N-dealkylation sites (N-methyl/N-ethyl adjacent to an activating group) is 1. The Kier molecular flexibility index (Phi) is 5.07. The zero-order valence-corrected chi connectivity index (χ0v) is 12.9. The van der Waals surface area contributed by atoms with E-state index in [9.17, 15) is 18.0 Å². The van der Waals surface area contributed by atoms with Gasteiger partial charge in [0.25, 0.3) is 0 Å². The van der Waals surface area contributed by atoms with E-state index < -0.39 is 17.3 Å². The predicted molar refractivity (Wildman–Crippen MR) is 77.3 cm³/mol. The van der Waals surface area contributed by atoms with Crippen molar-refractivity contribution >= 4 is 11.6 Å². The Bertz CT molecular complexity index is 598. The average Bonchev–Trinajstić information content (AvgIpc) is 2.34. The lowest BCUT2D eigenvalue weighted by Gasteiger charge is -2.25. The first-order chi connectivity index (χ1) is 9.94. The van der Waals surface area contributed by atoms with Gasteiger partial charge in [-0.05, 0) is 39.0 Å². The van der Waals surface area contributed by atoms with Gasteiger partial charge in [0.05, 0.1) is 23.4 Å². The molecule has 0 fully saturated rings. The summed E-state index contributed by atoms with van der Waals surface area (Å²) >= 11 is 0. The number of hydrogen-bond donors (Lipinski definition) is 1. The van der Waals surface area contributed by atoms with Gasteiger partial charge >= 0.3 is 6.18 Å². The van der Waals surface area contributed by atoms with Crippen molar-refractivity contribution in [3.63, 3.8) is 0 Å². The van der Waals surface area contributed by atoms with E-state index in [1.54, 1.807) is 13.1 Å². The van der Waals surface area contributed by atoms with E-state index in [0.29, 0.717) is 0 Å². The zero-order valence-electron chi connectivity index (χ0n) is 12.9. The molecule has 4 nitrogen and oxygen atoms in total. The molecule has 0 aliphatic heterocycles. The molecule has 0 radical (unpaired) electrons. The van der Waals surface area contributed by atoms with Crippen LogP contribution in [0, 0.1) is 11.3 Å². The van der Waals surface area contributed by atoms with E-state index in [1.165, 1.54) is 11.0 Å². The third-order valence-electron chi connectivity index (χ3n) is 2.75. The van der Waals surface area contributed by atoms with Gasteiger partial charge in [-0.15, -0.1) is 0 Å². The molecule has 1 aromatic rings. The number of anilines is 1. The van der Waals surface area contributed by atoms with Crippen molar-refractivity contribution in [1.82, 2.24) is 5.32 Å². The van der Waals surface area contributed by atoms with E-state index in [-0.39, 0.29) is 23.7 Å². The number of amides is 1. The Balaban J connectivity index is 2.97. The summed E-state index contributed by atoms with van der Waals surface area (Å²) < 4.78 is 37.9. The first kappa shape index (κ1) is 17.8. The van der Waals surface area contributed by atoms with Gasteiger partial charge in [0, 0.05) is 12.6 Å². The number of nitrogens with zero attached hydrogens (tertiary/aromatic N) is 2. The van der Waals surface area contributed by atoms with Crippen LogP contribution in [-0.2, 0) is 11.0 Å². The highest BCUT2D eigenvalue weighted by Gasteiger charge is 2.31. The van der Waals surface area contributed by atoms with Crippen molar-refractivity contribution in [3.8, 4) is 6.07 Å². The number of halogens is 3. The monoisotopic (exact) mass is 313 g/mol. The van der Waals surface area contributed by atoms with Crippen molar-refractivity contribution < 1.29 is 18.0 Å². The van der Waals surface area contributed by atoms with Crippen LogP contribution in [0.15, 0.2) is 18.2 Å². The number of alkyl halides is 3. The molecule has 22 heavy (non-hydrogen) atoms. The highest BCUT2D eigenvalue weighted by molar-refractivity contribution is 5.82. The number of nitrogens with one attached hydrogen (secondary N) is 1. The fourth-order valence-corrected chi connectivity index (χ4v) is 1.89. The van der Waals surface area contributed by atoms with E-state index in [2.05, 4.69) is 5.32 Å². The Hall–Kier alpha value is -2.23. The summed E-state index contributed by atoms with van der Waals surface area (Å²) in [5.74, 6) is -0.279. The highest BCUT2D eigenvalue weighted by atomic mass is 19.4. The van der Waals surface area contributed by atoms with Crippen molar-refractivity contribution in [3.05, 3.63) is 29.3 Å². The summed E-state index contributed by atoms with van der Waals surface area (Å²) in [4.78, 5) is 13.3. The van der Waals surface area contributed by atoms with Crippen LogP contribution in [0.2, 0.25) is 0 Å². The molecule has 1 N–H and O–H groups in total. The van der Waals surface area contributed by atoms with Gasteiger partial charge in [-0.2, -0.15) is 18.4 Å². The van der Waals surface area contributed by atoms with E-state index in [1.807, 2.05) is 20.8 Å². The standard InChI is InChI=1S/C15H18F3N3O/c1-14(2,3)20-13(22)9-21(4)12-6-5-11(15(16,17)18)7-10(12)8-19/h5-7H,9H2,1-4H3,(H,20,22). The molecule has 0 aliphatic rings. The molecular weight excluding hydrogens is 295 g/mol. The molecule has 0 heterocycles. The second kappa shape index (κ2) is 6.26. The lowest BCUT2D eigenvalue weighted by Crippen LogP contribution is -2.45. The van der Waals surface area contributed by atoms with E-state index in [4.69, 9.17) is 5.26 Å². The summed E-state index contributed by atoms with van der Waals surface area (Å²) in [5.41, 5.74) is -1.14. The summed E-state index contributed by atoms with van der Waals surface area (Å²) in [7, 11) is 1.55. The number of hydrogen-bond acceptors (Lipinski definition) is 3. The first-order valence-electron chi connectivity index (χ1n) is 6.57. The number of carbonyl (C=O) groups excluding carboxylic acids is 1. The second-order valence-electron chi connectivity index (χ2n) is 6.00. The number of rotatable bonds is 3. The lowest BCUT2D eigenvalue weighted by molar-refractivity contribution is -0.137. The molecule has 0 saturated heterocycles. The topological polar surface area (TPSA) is 56.1 Å². The van der Waals surface area contributed by atoms with Crippen LogP contribution in [0.1, 0.15) is 31.9 Å². The molecule has 0 aromatic heterocycles. The molecule has 0 spiro atoms. The van der Waals surface area contributed by atoms with Crippen LogP contribution in [-0.4, -0.2) is 25.0 Å². The van der Waals surface area contributed by atoms with Gasteiger partial charge in [0.2, 0.25) is 5.91 Å². The molecule has 120 valence electrons. The van der Waals surface area contributed by atoms with Crippen molar-refractivity contribution in [2.45, 2.75) is 32.5 Å². The lowest BCUT2D eigenvalue weighted by atomic mass is 10.1. The Labute approximate surface area is 127 Å². The number of benzene rings is 1. The Morgan fingerprint density at radius 1 is 1.32 bits per heavy atom. The SMILES string of the molecule is CN(CC(=O)NC(C)(C)C)c1ccc(C(F)(F)F)cc1C#N. The molecule has 1 amide bonds. The average molecular weight is 313 g/mol. The van der Waals surface area contributed by atoms with Crippen LogP contribution < -0.4 is 10.2 Å². The molecule has 0 atom stereocenters. The Morgan fingerprint density at radius 3 is 2.36 bits per heavy atom. The molecule has 7 heteroatoms. The fourth-order valence-electron chi connectivity index (χ4n) is 1.89. The molecule has 0 aliphatic carbocycles. The largest absolute Gasteiger partial charge is 0.416 e. The van der Waals surface area contributed by atoms with Crippen molar-refractivity contribution in [2.75, 3.05) is 18.5 Å². The zero-order chi connectivity index (χ0) is 17.1. The predicted octanol–water partition coefficient (Wildman–Crippen LogP) is 2.93. The van der Waals surface area contributed by atoms with Gasteiger partial charge in [-0.25, -0.2) is 0 Å². The maximum atomic E-state index is 12.6. The number of nitriles is 1. The van der Waals surface area contributed by atoms with Crippen LogP contribution >= 0.6 is 0 Å². The molecular formula is C15H18F3N3O. The third kappa shape index (κ3) is 4.95. The summed E-state index contributed by atoms with van der Waals surface area (Å²) in [6, 6.07) is 4.62. The fraction of sp³-hybridized carbons (Fsp3) is 0.467. The van der Waals surface area contributed by atoms with Gasteiger partial charge in [-0.1, -0.05) is 0 Å². The van der Waals surface area contributed by atoms with E-state index >= 15 is 0 Å². The molecule has 0 saturated carbocycles. The summed E-state index contributed by atoms with van der Waals surface area (Å²) in [5, 5.41) is 11.8. The van der Waals surface area contributed by atoms with Crippen LogP contribution in [0.5, 0.6) is 0 Å². The van der Waals surface area contributed by atoms with Gasteiger partial charge in [0.15, 0.2) is 0 Å². The highest BCUT2D eigenvalue weighted by Crippen LogP contribution is 2.32. The second-order valence-corrected chi connectivity index (χ2v) is 6.00.